The number of hydrogen-bond donors (Lipinski definition) is 2. The van der Waals surface area contributed by atoms with Crippen molar-refractivity contribution < 1.29 is 27.1 Å². The van der Waals surface area contributed by atoms with Gasteiger partial charge in [0.25, 0.3) is 5.91 Å². The van der Waals surface area contributed by atoms with Crippen molar-refractivity contribution in [1.82, 2.24) is 20.3 Å². The van der Waals surface area contributed by atoms with Crippen LogP contribution >= 0.6 is 0 Å². The van der Waals surface area contributed by atoms with Crippen LogP contribution in [0.4, 0.5) is 23.4 Å². The van der Waals surface area contributed by atoms with Crippen molar-refractivity contribution in [3.05, 3.63) is 88.9 Å². The Labute approximate surface area is 209 Å². The number of amides is 1. The Hall–Kier alpha value is -4.54. The average Bonchev–Trinajstić information content (AvgIpc) is 2.83. The van der Waals surface area contributed by atoms with Crippen LogP contribution in [-0.2, 0) is 6.54 Å². The maximum Gasteiger partial charge on any atom is 0.387 e. The highest BCUT2D eigenvalue weighted by Gasteiger charge is 2.22. The van der Waals surface area contributed by atoms with Crippen LogP contribution in [0.2, 0.25) is 0 Å². The van der Waals surface area contributed by atoms with Gasteiger partial charge in [0.2, 0.25) is 0 Å². The van der Waals surface area contributed by atoms with E-state index in [0.717, 1.165) is 12.1 Å². The Bertz CT molecular complexity index is 1440. The number of nitrogen functional groups attached to an aromatic ring is 1. The number of carbonyl (C=O) groups is 1. The number of benzene rings is 2. The molecule has 2 aromatic heterocycles. The summed E-state index contributed by atoms with van der Waals surface area (Å²) >= 11 is 0. The molecule has 0 aliphatic rings. The summed E-state index contributed by atoms with van der Waals surface area (Å²) in [6.45, 7) is -0.0664. The fourth-order valence-electron chi connectivity index (χ4n) is 3.77. The maximum absolute atomic E-state index is 14.3. The maximum atomic E-state index is 14.3. The standard InChI is InChI=1S/C26H21F4N5O2/c1-13-10-16(11-14(2)33-13)22-21(15-6-8-17(27)9-7-15)35-24(31)23(34-22)25(36)32-12-18-19(28)4-3-5-20(18)37-26(29)30/h3-11,26H,12H2,1-2H3,(H2,31,35)(H,32,36). The molecular formula is C26H21F4N5O2. The van der Waals surface area contributed by atoms with Gasteiger partial charge in [0.15, 0.2) is 11.5 Å². The van der Waals surface area contributed by atoms with E-state index in [1.165, 1.54) is 30.3 Å². The van der Waals surface area contributed by atoms with E-state index in [1.807, 2.05) is 0 Å². The summed E-state index contributed by atoms with van der Waals surface area (Å²) in [5.41, 5.74) is 8.61. The highest BCUT2D eigenvalue weighted by molar-refractivity contribution is 5.98. The SMILES string of the molecule is Cc1cc(-c2nc(C(=O)NCc3c(F)cccc3OC(F)F)c(N)nc2-c2ccc(F)cc2)cc(C)n1. The molecule has 0 spiro atoms. The molecule has 0 saturated carbocycles. The monoisotopic (exact) mass is 511 g/mol. The van der Waals surface area contributed by atoms with E-state index in [-0.39, 0.29) is 22.8 Å². The molecule has 4 aromatic rings. The zero-order valence-electron chi connectivity index (χ0n) is 19.7. The molecule has 0 bridgehead atoms. The minimum Gasteiger partial charge on any atom is -0.434 e. The lowest BCUT2D eigenvalue weighted by Crippen LogP contribution is -2.26. The molecule has 2 heterocycles. The molecule has 11 heteroatoms. The van der Waals surface area contributed by atoms with E-state index >= 15 is 0 Å². The van der Waals surface area contributed by atoms with Gasteiger partial charge >= 0.3 is 6.61 Å². The smallest absolute Gasteiger partial charge is 0.387 e. The van der Waals surface area contributed by atoms with Crippen LogP contribution < -0.4 is 15.8 Å². The van der Waals surface area contributed by atoms with Crippen molar-refractivity contribution >= 4 is 11.7 Å². The molecule has 1 amide bonds. The zero-order chi connectivity index (χ0) is 26.7. The van der Waals surface area contributed by atoms with Gasteiger partial charge in [0.05, 0.1) is 11.4 Å². The first-order valence-corrected chi connectivity index (χ1v) is 11.0. The predicted molar refractivity (Wildman–Crippen MR) is 129 cm³/mol. The Morgan fingerprint density at radius 3 is 2.24 bits per heavy atom. The number of pyridine rings is 1. The molecule has 7 nitrogen and oxygen atoms in total. The lowest BCUT2D eigenvalue weighted by molar-refractivity contribution is -0.0506. The summed E-state index contributed by atoms with van der Waals surface area (Å²) in [4.78, 5) is 26.2. The van der Waals surface area contributed by atoms with Crippen molar-refractivity contribution in [2.45, 2.75) is 27.0 Å². The molecule has 0 radical (unpaired) electrons. The molecule has 0 saturated heterocycles. The molecule has 0 aliphatic heterocycles. The van der Waals surface area contributed by atoms with E-state index in [4.69, 9.17) is 5.73 Å². The molecular weight excluding hydrogens is 490 g/mol. The fourth-order valence-corrected chi connectivity index (χ4v) is 3.77. The third kappa shape index (κ3) is 5.83. The number of aromatic nitrogens is 3. The number of halogens is 4. The molecule has 2 aromatic carbocycles. The molecule has 0 aliphatic carbocycles. The third-order valence-corrected chi connectivity index (χ3v) is 5.33. The van der Waals surface area contributed by atoms with Gasteiger partial charge < -0.3 is 15.8 Å². The van der Waals surface area contributed by atoms with E-state index < -0.39 is 36.4 Å². The Kier molecular flexibility index (Phi) is 7.32. The predicted octanol–water partition coefficient (Wildman–Crippen LogP) is 5.21. The van der Waals surface area contributed by atoms with Crippen LogP contribution in [0.3, 0.4) is 0 Å². The van der Waals surface area contributed by atoms with E-state index in [2.05, 4.69) is 25.0 Å². The van der Waals surface area contributed by atoms with E-state index in [1.54, 1.807) is 26.0 Å². The molecule has 3 N–H and O–H groups in total. The van der Waals surface area contributed by atoms with Crippen LogP contribution in [0.5, 0.6) is 5.75 Å². The number of carbonyl (C=O) groups excluding carboxylic acids is 1. The Morgan fingerprint density at radius 1 is 0.946 bits per heavy atom. The fraction of sp³-hybridized carbons (Fsp3) is 0.154. The largest absolute Gasteiger partial charge is 0.434 e. The second-order valence-electron chi connectivity index (χ2n) is 8.08. The van der Waals surface area contributed by atoms with Gasteiger partial charge in [0.1, 0.15) is 17.4 Å². The topological polar surface area (TPSA) is 103 Å². The number of aryl methyl sites for hydroxylation is 2. The third-order valence-electron chi connectivity index (χ3n) is 5.33. The number of rotatable bonds is 7. The van der Waals surface area contributed by atoms with Gasteiger partial charge in [-0.05, 0) is 62.4 Å². The van der Waals surface area contributed by atoms with Crippen LogP contribution in [0.1, 0.15) is 27.4 Å². The van der Waals surface area contributed by atoms with Crippen LogP contribution in [0.25, 0.3) is 22.5 Å². The van der Waals surface area contributed by atoms with Crippen molar-refractivity contribution in [1.29, 1.82) is 0 Å². The van der Waals surface area contributed by atoms with Crippen molar-refractivity contribution in [2.24, 2.45) is 0 Å². The molecule has 37 heavy (non-hydrogen) atoms. The quantitative estimate of drug-likeness (QED) is 0.330. The second kappa shape index (κ2) is 10.6. The van der Waals surface area contributed by atoms with Gasteiger partial charge in [-0.2, -0.15) is 8.78 Å². The molecule has 190 valence electrons. The summed E-state index contributed by atoms with van der Waals surface area (Å²) in [6.07, 6.45) is 0. The first kappa shape index (κ1) is 25.5. The summed E-state index contributed by atoms with van der Waals surface area (Å²) in [7, 11) is 0. The first-order chi connectivity index (χ1) is 17.6. The van der Waals surface area contributed by atoms with Crippen molar-refractivity contribution in [3.63, 3.8) is 0 Å². The Balaban J connectivity index is 1.74. The highest BCUT2D eigenvalue weighted by Crippen LogP contribution is 2.32. The van der Waals surface area contributed by atoms with Gasteiger partial charge in [-0.25, -0.2) is 18.7 Å². The minimum absolute atomic E-state index is 0.235. The summed E-state index contributed by atoms with van der Waals surface area (Å²) < 4.78 is 57.6. The number of ether oxygens (including phenoxy) is 1. The van der Waals surface area contributed by atoms with Crippen LogP contribution in [-0.4, -0.2) is 27.5 Å². The Morgan fingerprint density at radius 2 is 1.59 bits per heavy atom. The van der Waals surface area contributed by atoms with Gasteiger partial charge in [-0.3, -0.25) is 9.78 Å². The van der Waals surface area contributed by atoms with Gasteiger partial charge in [-0.15, -0.1) is 0 Å². The molecule has 4 rings (SSSR count). The summed E-state index contributed by atoms with van der Waals surface area (Å²) in [5, 5.41) is 2.43. The zero-order valence-corrected chi connectivity index (χ0v) is 19.7. The van der Waals surface area contributed by atoms with Crippen molar-refractivity contribution in [2.75, 3.05) is 5.73 Å². The van der Waals surface area contributed by atoms with E-state index in [0.29, 0.717) is 28.2 Å². The number of nitrogens with zero attached hydrogens (tertiary/aromatic N) is 3. The lowest BCUT2D eigenvalue weighted by Gasteiger charge is -2.15. The van der Waals surface area contributed by atoms with Crippen LogP contribution in [0.15, 0.2) is 54.6 Å². The molecule has 0 unspecified atom stereocenters. The highest BCUT2D eigenvalue weighted by atomic mass is 19.3. The second-order valence-corrected chi connectivity index (χ2v) is 8.08. The number of alkyl halides is 2. The van der Waals surface area contributed by atoms with Gasteiger partial charge in [0, 0.05) is 34.6 Å². The first-order valence-electron chi connectivity index (χ1n) is 11.0. The molecule has 0 fully saturated rings. The number of nitrogens with two attached hydrogens (primary N) is 1. The van der Waals surface area contributed by atoms with E-state index in [9.17, 15) is 22.4 Å². The number of hydrogen-bond acceptors (Lipinski definition) is 6. The summed E-state index contributed by atoms with van der Waals surface area (Å²) in [5.74, 6) is -2.75. The lowest BCUT2D eigenvalue weighted by atomic mass is 10.0. The average molecular weight is 511 g/mol. The van der Waals surface area contributed by atoms with Crippen molar-refractivity contribution in [3.8, 4) is 28.3 Å². The number of nitrogens with one attached hydrogen (secondary N) is 1. The minimum atomic E-state index is -3.17. The normalized spacial score (nSPS) is 11.0. The summed E-state index contributed by atoms with van der Waals surface area (Å²) in [6, 6.07) is 12.4. The number of anilines is 1. The molecule has 0 atom stereocenters. The van der Waals surface area contributed by atoms with Crippen LogP contribution in [0, 0.1) is 25.5 Å². The van der Waals surface area contributed by atoms with Gasteiger partial charge in [-0.1, -0.05) is 6.07 Å².